The van der Waals surface area contributed by atoms with Gasteiger partial charge in [0.25, 0.3) is 0 Å². The number of phenols is 1. The molecule has 1 N–H and O–H groups in total. The minimum Gasteiger partial charge on any atom is -0.508 e. The molecule has 0 amide bonds. The van der Waals surface area contributed by atoms with Crippen LogP contribution >= 0.6 is 12.9 Å². The number of hydrogen-bond donors (Lipinski definition) is 2. The summed E-state index contributed by atoms with van der Waals surface area (Å²) in [6, 6.07) is 6.79. The predicted octanol–water partition coefficient (Wildman–Crippen LogP) is 3.17. The first-order chi connectivity index (χ1) is 6.24. The van der Waals surface area contributed by atoms with Gasteiger partial charge in [0.05, 0.1) is 6.61 Å². The molecule has 0 aliphatic rings. The Kier molecular flexibility index (Phi) is 7.54. The summed E-state index contributed by atoms with van der Waals surface area (Å²) in [6.07, 6.45) is 1.25. The number of aromatic hydroxyl groups is 1. The topological polar surface area (TPSA) is 29.5 Å². The largest absolute Gasteiger partial charge is 0.508 e. The SMILES string of the molecule is CCC.Oc1ccc(COS)cc1. The van der Waals surface area contributed by atoms with Crippen LogP contribution in [0.25, 0.3) is 0 Å². The number of benzene rings is 1. The van der Waals surface area contributed by atoms with Gasteiger partial charge in [-0.1, -0.05) is 32.4 Å². The van der Waals surface area contributed by atoms with Gasteiger partial charge in [-0.3, -0.25) is 0 Å². The van der Waals surface area contributed by atoms with E-state index in [1.54, 1.807) is 24.3 Å². The number of phenolic OH excluding ortho intramolecular Hbond substituents is 1. The molecule has 0 saturated carbocycles. The molecule has 0 aliphatic heterocycles. The van der Waals surface area contributed by atoms with E-state index in [0.717, 1.165) is 5.56 Å². The molecule has 0 bridgehead atoms. The van der Waals surface area contributed by atoms with Crippen molar-refractivity contribution >= 4 is 12.9 Å². The molecule has 74 valence electrons. The van der Waals surface area contributed by atoms with Crippen LogP contribution in [0.2, 0.25) is 0 Å². The molecule has 1 aromatic rings. The third-order valence-corrected chi connectivity index (χ3v) is 1.30. The summed E-state index contributed by atoms with van der Waals surface area (Å²) in [5.74, 6) is 0.267. The van der Waals surface area contributed by atoms with Gasteiger partial charge in [-0.2, -0.15) is 0 Å². The van der Waals surface area contributed by atoms with Gasteiger partial charge >= 0.3 is 0 Å². The van der Waals surface area contributed by atoms with Crippen LogP contribution in [-0.4, -0.2) is 5.11 Å². The van der Waals surface area contributed by atoms with E-state index in [0.29, 0.717) is 6.61 Å². The highest BCUT2D eigenvalue weighted by Crippen LogP contribution is 2.10. The van der Waals surface area contributed by atoms with Crippen molar-refractivity contribution in [3.8, 4) is 5.75 Å². The number of rotatable bonds is 2. The van der Waals surface area contributed by atoms with Crippen LogP contribution < -0.4 is 0 Å². The molecular weight excluding hydrogens is 184 g/mol. The Morgan fingerprint density at radius 2 is 1.69 bits per heavy atom. The van der Waals surface area contributed by atoms with Crippen LogP contribution in [0.4, 0.5) is 0 Å². The molecule has 0 saturated heterocycles. The number of thiol groups is 1. The first-order valence-electron chi connectivity index (χ1n) is 4.28. The third kappa shape index (κ3) is 6.49. The van der Waals surface area contributed by atoms with E-state index in [1.165, 1.54) is 6.42 Å². The third-order valence-electron chi connectivity index (χ3n) is 1.17. The van der Waals surface area contributed by atoms with Crippen molar-refractivity contribution in [1.29, 1.82) is 0 Å². The zero-order valence-electron chi connectivity index (χ0n) is 8.03. The maximum atomic E-state index is 8.86. The average molecular weight is 200 g/mol. The summed E-state index contributed by atoms with van der Waals surface area (Å²) in [4.78, 5) is 0. The minimum absolute atomic E-state index is 0.267. The molecule has 0 heterocycles. The second-order valence-electron chi connectivity index (χ2n) is 2.65. The van der Waals surface area contributed by atoms with Crippen LogP contribution in [0.1, 0.15) is 25.8 Å². The molecule has 0 unspecified atom stereocenters. The lowest BCUT2D eigenvalue weighted by atomic mass is 10.2. The Labute approximate surface area is 85.2 Å². The molecule has 3 heteroatoms. The van der Waals surface area contributed by atoms with Gasteiger partial charge in [0.1, 0.15) is 5.75 Å². The molecule has 2 nitrogen and oxygen atoms in total. The van der Waals surface area contributed by atoms with E-state index >= 15 is 0 Å². The van der Waals surface area contributed by atoms with Gasteiger partial charge < -0.3 is 9.29 Å². The smallest absolute Gasteiger partial charge is 0.115 e. The van der Waals surface area contributed by atoms with Crippen molar-refractivity contribution in [2.75, 3.05) is 0 Å². The molecular formula is C10H16O2S. The lowest BCUT2D eigenvalue weighted by Crippen LogP contribution is -1.81. The highest BCUT2D eigenvalue weighted by molar-refractivity contribution is 7.75. The van der Waals surface area contributed by atoms with Gasteiger partial charge in [0.2, 0.25) is 0 Å². The monoisotopic (exact) mass is 200 g/mol. The molecule has 1 rings (SSSR count). The van der Waals surface area contributed by atoms with Crippen LogP contribution in [-0.2, 0) is 10.8 Å². The summed E-state index contributed by atoms with van der Waals surface area (Å²) < 4.78 is 4.58. The molecule has 13 heavy (non-hydrogen) atoms. The fraction of sp³-hybridized carbons (Fsp3) is 0.400. The molecule has 0 atom stereocenters. The van der Waals surface area contributed by atoms with Crippen molar-refractivity contribution in [2.24, 2.45) is 0 Å². The lowest BCUT2D eigenvalue weighted by molar-refractivity contribution is 0.371. The maximum Gasteiger partial charge on any atom is 0.115 e. The Hall–Kier alpha value is -0.670. The minimum atomic E-state index is 0.267. The van der Waals surface area contributed by atoms with Crippen molar-refractivity contribution < 1.29 is 9.29 Å². The standard InChI is InChI=1S/C7H8O2S.C3H8/c8-7-3-1-6(2-4-7)5-9-10;1-3-2/h1-4,8,10H,5H2;3H2,1-2H3. The van der Waals surface area contributed by atoms with E-state index in [2.05, 4.69) is 30.9 Å². The van der Waals surface area contributed by atoms with E-state index in [4.69, 9.17) is 5.11 Å². The zero-order valence-corrected chi connectivity index (χ0v) is 8.92. The Bertz CT molecular complexity index is 209. The second kappa shape index (κ2) is 7.95. The Balaban J connectivity index is 0.000000424. The predicted molar refractivity (Wildman–Crippen MR) is 57.8 cm³/mol. The van der Waals surface area contributed by atoms with Gasteiger partial charge in [-0.15, -0.1) is 0 Å². The van der Waals surface area contributed by atoms with Crippen molar-refractivity contribution in [1.82, 2.24) is 0 Å². The van der Waals surface area contributed by atoms with Gasteiger partial charge in [-0.25, -0.2) is 0 Å². The van der Waals surface area contributed by atoms with Gasteiger partial charge in [0.15, 0.2) is 0 Å². The zero-order chi connectivity index (χ0) is 10.1. The van der Waals surface area contributed by atoms with Crippen LogP contribution in [0, 0.1) is 0 Å². The van der Waals surface area contributed by atoms with Crippen LogP contribution in [0.3, 0.4) is 0 Å². The molecule has 0 aliphatic carbocycles. The van der Waals surface area contributed by atoms with Crippen LogP contribution in [0.5, 0.6) is 5.75 Å². The van der Waals surface area contributed by atoms with Crippen molar-refractivity contribution in [3.63, 3.8) is 0 Å². The Morgan fingerprint density at radius 1 is 1.23 bits per heavy atom. The molecule has 0 aromatic heterocycles. The highest BCUT2D eigenvalue weighted by atomic mass is 32.1. The average Bonchev–Trinajstić information content (AvgIpc) is 2.11. The van der Waals surface area contributed by atoms with E-state index < -0.39 is 0 Å². The maximum absolute atomic E-state index is 8.86. The van der Waals surface area contributed by atoms with Gasteiger partial charge in [-0.05, 0) is 30.6 Å². The quantitative estimate of drug-likeness (QED) is 0.567. The molecule has 0 radical (unpaired) electrons. The van der Waals surface area contributed by atoms with Gasteiger partial charge in [0, 0.05) is 0 Å². The molecule has 1 aromatic carbocycles. The normalized spacial score (nSPS) is 8.85. The summed E-state index contributed by atoms with van der Waals surface area (Å²) in [7, 11) is 0. The summed E-state index contributed by atoms with van der Waals surface area (Å²) >= 11 is 3.60. The van der Waals surface area contributed by atoms with Crippen LogP contribution in [0.15, 0.2) is 24.3 Å². The second-order valence-corrected chi connectivity index (χ2v) is 2.91. The first-order valence-corrected chi connectivity index (χ1v) is 4.65. The summed E-state index contributed by atoms with van der Waals surface area (Å²) in [6.45, 7) is 4.71. The van der Waals surface area contributed by atoms with E-state index in [-0.39, 0.29) is 5.75 Å². The fourth-order valence-electron chi connectivity index (χ4n) is 0.667. The lowest BCUT2D eigenvalue weighted by Gasteiger charge is -1.96. The summed E-state index contributed by atoms with van der Waals surface area (Å²) in [5.41, 5.74) is 0.993. The van der Waals surface area contributed by atoms with E-state index in [9.17, 15) is 0 Å². The number of hydrogen-bond acceptors (Lipinski definition) is 3. The van der Waals surface area contributed by atoms with E-state index in [1.807, 2.05) is 0 Å². The van der Waals surface area contributed by atoms with Crippen molar-refractivity contribution in [2.45, 2.75) is 26.9 Å². The van der Waals surface area contributed by atoms with Crippen molar-refractivity contribution in [3.05, 3.63) is 29.8 Å². The Morgan fingerprint density at radius 3 is 2.08 bits per heavy atom. The highest BCUT2D eigenvalue weighted by Gasteiger charge is 1.90. The molecule has 0 spiro atoms. The molecule has 0 fully saturated rings. The summed E-state index contributed by atoms with van der Waals surface area (Å²) in [5, 5.41) is 8.86. The fourth-order valence-corrected chi connectivity index (χ4v) is 0.816. The first kappa shape index (κ1) is 12.3.